The predicted molar refractivity (Wildman–Crippen MR) is 275 cm³/mol. The van der Waals surface area contributed by atoms with Crippen LogP contribution in [0.2, 0.25) is 0 Å². The highest BCUT2D eigenvalue weighted by molar-refractivity contribution is 5.99. The van der Waals surface area contributed by atoms with Crippen molar-refractivity contribution in [1.29, 1.82) is 0 Å². The minimum Gasteiger partial charge on any atom is -0.253 e. The van der Waals surface area contributed by atoms with Crippen molar-refractivity contribution in [1.82, 2.24) is 24.9 Å². The molecule has 5 nitrogen and oxygen atoms in total. The summed E-state index contributed by atoms with van der Waals surface area (Å²) in [4.78, 5) is 25.8. The minimum atomic E-state index is 0.670. The van der Waals surface area contributed by atoms with Crippen LogP contribution in [0.3, 0.4) is 0 Å². The van der Waals surface area contributed by atoms with Gasteiger partial charge in [0.05, 0.1) is 28.5 Å². The lowest BCUT2D eigenvalue weighted by molar-refractivity contribution is 1.18. The molecule has 5 heteroatoms. The maximum absolute atomic E-state index is 5.29. The SMILES string of the molecule is Cc1cccc(-c2cccc(-c3ccc(-c4cc(-c5ccccc5)nc(-c5ccc(-c6ccccc6)cc5)n4)cc3)c2-c2ccccc2-c2cc(-c3ccccc3)nc(-c3ccccc3)n2)n1. The van der Waals surface area contributed by atoms with Crippen LogP contribution in [0.5, 0.6) is 0 Å². The summed E-state index contributed by atoms with van der Waals surface area (Å²) in [5.74, 6) is 1.34. The third-order valence-corrected chi connectivity index (χ3v) is 12.1. The van der Waals surface area contributed by atoms with Gasteiger partial charge in [0.1, 0.15) is 0 Å². The Balaban J connectivity index is 1.05. The number of hydrogen-bond acceptors (Lipinski definition) is 5. The molecule has 3 aromatic heterocycles. The molecule has 67 heavy (non-hydrogen) atoms. The van der Waals surface area contributed by atoms with Gasteiger partial charge >= 0.3 is 0 Å². The molecular weight excluding hydrogens is 815 g/mol. The van der Waals surface area contributed by atoms with Crippen molar-refractivity contribution in [2.24, 2.45) is 0 Å². The third kappa shape index (κ3) is 8.57. The summed E-state index contributed by atoms with van der Waals surface area (Å²) in [6.45, 7) is 2.04. The fourth-order valence-corrected chi connectivity index (χ4v) is 8.72. The molecule has 0 amide bonds. The zero-order valence-electron chi connectivity index (χ0n) is 36.8. The lowest BCUT2D eigenvalue weighted by atomic mass is 9.86. The van der Waals surface area contributed by atoms with E-state index in [0.717, 1.165) is 101 Å². The Morgan fingerprint density at radius 2 is 0.597 bits per heavy atom. The number of pyridine rings is 1. The van der Waals surface area contributed by atoms with Crippen molar-refractivity contribution in [3.8, 4) is 112 Å². The molecule has 0 saturated heterocycles. The van der Waals surface area contributed by atoms with E-state index in [9.17, 15) is 0 Å². The van der Waals surface area contributed by atoms with Crippen LogP contribution in [0.4, 0.5) is 0 Å². The van der Waals surface area contributed by atoms with Gasteiger partial charge in [0.15, 0.2) is 11.6 Å². The molecule has 0 spiro atoms. The summed E-state index contributed by atoms with van der Waals surface area (Å²) in [7, 11) is 0. The lowest BCUT2D eigenvalue weighted by Gasteiger charge is -2.19. The fourth-order valence-electron chi connectivity index (χ4n) is 8.72. The summed E-state index contributed by atoms with van der Waals surface area (Å²) >= 11 is 0. The van der Waals surface area contributed by atoms with Crippen molar-refractivity contribution in [3.63, 3.8) is 0 Å². The quantitative estimate of drug-likeness (QED) is 0.137. The Morgan fingerprint density at radius 1 is 0.224 bits per heavy atom. The molecule has 11 aromatic rings. The largest absolute Gasteiger partial charge is 0.253 e. The molecule has 0 fully saturated rings. The van der Waals surface area contributed by atoms with Gasteiger partial charge in [-0.15, -0.1) is 0 Å². The summed E-state index contributed by atoms with van der Waals surface area (Å²) < 4.78 is 0. The Labute approximate surface area is 390 Å². The molecule has 316 valence electrons. The van der Waals surface area contributed by atoms with Gasteiger partial charge in [-0.1, -0.05) is 218 Å². The second-order valence-electron chi connectivity index (χ2n) is 16.5. The average molecular weight is 858 g/mol. The Kier molecular flexibility index (Phi) is 11.1. The number of benzene rings is 8. The molecule has 0 saturated carbocycles. The first-order chi connectivity index (χ1) is 33.1. The molecule has 0 N–H and O–H groups in total. The molecule has 0 aliphatic heterocycles. The van der Waals surface area contributed by atoms with Crippen molar-refractivity contribution >= 4 is 0 Å². The molecule has 0 atom stereocenters. The van der Waals surface area contributed by atoms with Crippen LogP contribution in [0.15, 0.2) is 243 Å². The predicted octanol–water partition coefficient (Wildman–Crippen LogP) is 15.6. The molecule has 3 heterocycles. The number of aryl methyl sites for hydroxylation is 1. The summed E-state index contributed by atoms with van der Waals surface area (Å²) in [6, 6.07) is 84.0. The zero-order chi connectivity index (χ0) is 44.9. The molecule has 0 bridgehead atoms. The topological polar surface area (TPSA) is 64.5 Å². The summed E-state index contributed by atoms with van der Waals surface area (Å²) in [6.07, 6.45) is 0. The average Bonchev–Trinajstić information content (AvgIpc) is 3.41. The minimum absolute atomic E-state index is 0.670. The van der Waals surface area contributed by atoms with Gasteiger partial charge in [-0.3, -0.25) is 4.98 Å². The van der Waals surface area contributed by atoms with Gasteiger partial charge in [-0.25, -0.2) is 19.9 Å². The van der Waals surface area contributed by atoms with Crippen LogP contribution >= 0.6 is 0 Å². The van der Waals surface area contributed by atoms with E-state index in [0.29, 0.717) is 11.6 Å². The summed E-state index contributed by atoms with van der Waals surface area (Å²) in [5, 5.41) is 0. The van der Waals surface area contributed by atoms with E-state index < -0.39 is 0 Å². The molecule has 8 aromatic carbocycles. The smallest absolute Gasteiger partial charge is 0.160 e. The van der Waals surface area contributed by atoms with Crippen LogP contribution in [0, 0.1) is 6.92 Å². The van der Waals surface area contributed by atoms with E-state index in [1.54, 1.807) is 0 Å². The normalized spacial score (nSPS) is 11.1. The monoisotopic (exact) mass is 857 g/mol. The Hall–Kier alpha value is -8.93. The third-order valence-electron chi connectivity index (χ3n) is 12.1. The van der Waals surface area contributed by atoms with Gasteiger partial charge in [0.2, 0.25) is 0 Å². The van der Waals surface area contributed by atoms with Gasteiger partial charge in [0, 0.05) is 44.6 Å². The van der Waals surface area contributed by atoms with E-state index in [-0.39, 0.29) is 0 Å². The summed E-state index contributed by atoms with van der Waals surface area (Å²) in [5.41, 5.74) is 18.8. The first-order valence-electron chi connectivity index (χ1n) is 22.5. The lowest BCUT2D eigenvalue weighted by Crippen LogP contribution is -1.99. The molecule has 0 radical (unpaired) electrons. The fraction of sp³-hybridized carbons (Fsp3) is 0.0161. The van der Waals surface area contributed by atoms with Crippen LogP contribution in [0.1, 0.15) is 5.69 Å². The van der Waals surface area contributed by atoms with E-state index in [2.05, 4.69) is 176 Å². The standard InChI is InChI=1S/C62H43N5/c1-42-18-16-31-55(63-42)54-30-17-29-51(60(54)53-28-15-14-27-52(53)59-41-58(47-23-10-4-11-24-47)66-61(67-59)49-25-12-5-13-26-49)45-34-36-48(37-35-45)57-40-56(46-21-8-3-9-22-46)64-62(65-57)50-38-32-44(33-39-50)43-19-6-2-7-20-43/h2-41H,1H3. The van der Waals surface area contributed by atoms with E-state index in [4.69, 9.17) is 24.9 Å². The highest BCUT2D eigenvalue weighted by Gasteiger charge is 2.21. The van der Waals surface area contributed by atoms with E-state index >= 15 is 0 Å². The van der Waals surface area contributed by atoms with Crippen molar-refractivity contribution in [2.75, 3.05) is 0 Å². The first-order valence-corrected chi connectivity index (χ1v) is 22.5. The van der Waals surface area contributed by atoms with Gasteiger partial charge in [-0.2, -0.15) is 0 Å². The van der Waals surface area contributed by atoms with Crippen LogP contribution in [-0.4, -0.2) is 24.9 Å². The van der Waals surface area contributed by atoms with Crippen LogP contribution in [0.25, 0.3) is 112 Å². The Bertz CT molecular complexity index is 3430. The maximum Gasteiger partial charge on any atom is 0.160 e. The molecule has 0 aliphatic carbocycles. The highest BCUT2D eigenvalue weighted by Crippen LogP contribution is 2.44. The first kappa shape index (κ1) is 40.8. The van der Waals surface area contributed by atoms with Crippen molar-refractivity contribution in [2.45, 2.75) is 6.92 Å². The van der Waals surface area contributed by atoms with E-state index in [1.165, 1.54) is 5.56 Å². The van der Waals surface area contributed by atoms with Crippen molar-refractivity contribution in [3.05, 3.63) is 248 Å². The number of nitrogens with zero attached hydrogens (tertiary/aromatic N) is 5. The van der Waals surface area contributed by atoms with Crippen molar-refractivity contribution < 1.29 is 0 Å². The van der Waals surface area contributed by atoms with Crippen LogP contribution < -0.4 is 0 Å². The maximum atomic E-state index is 5.29. The number of aromatic nitrogens is 5. The molecule has 0 aliphatic rings. The second-order valence-corrected chi connectivity index (χ2v) is 16.5. The van der Waals surface area contributed by atoms with Gasteiger partial charge in [-0.05, 0) is 64.6 Å². The molecule has 0 unspecified atom stereocenters. The van der Waals surface area contributed by atoms with E-state index in [1.807, 2.05) is 73.7 Å². The Morgan fingerprint density at radius 3 is 1.18 bits per heavy atom. The second kappa shape index (κ2) is 18.3. The highest BCUT2D eigenvalue weighted by atomic mass is 14.9. The van der Waals surface area contributed by atoms with Gasteiger partial charge in [0.25, 0.3) is 0 Å². The van der Waals surface area contributed by atoms with Gasteiger partial charge < -0.3 is 0 Å². The molecular formula is C62H43N5. The number of rotatable bonds is 10. The zero-order valence-corrected chi connectivity index (χ0v) is 36.8. The van der Waals surface area contributed by atoms with Crippen LogP contribution in [-0.2, 0) is 0 Å². The number of hydrogen-bond donors (Lipinski definition) is 0. The molecule has 11 rings (SSSR count).